The molecule has 3 aromatic carbocycles. The predicted molar refractivity (Wildman–Crippen MR) is 158 cm³/mol. The average Bonchev–Trinajstić information content (AvgIpc) is 2.99. The molecule has 1 heterocycles. The van der Waals surface area contributed by atoms with Gasteiger partial charge in [0.2, 0.25) is 5.82 Å². The maximum absolute atomic E-state index is 15.0. The van der Waals surface area contributed by atoms with E-state index < -0.39 is 11.6 Å². The van der Waals surface area contributed by atoms with Gasteiger partial charge in [0.15, 0.2) is 17.9 Å². The summed E-state index contributed by atoms with van der Waals surface area (Å²) in [4.78, 5) is 0. The van der Waals surface area contributed by atoms with Gasteiger partial charge in [-0.25, -0.2) is 8.78 Å². The van der Waals surface area contributed by atoms with Crippen molar-refractivity contribution < 1.29 is 27.4 Å². The van der Waals surface area contributed by atoms with Crippen LogP contribution >= 0.6 is 0 Å². The molecule has 3 aromatic rings. The lowest BCUT2D eigenvalue weighted by Crippen LogP contribution is -2.32. The first-order chi connectivity index (χ1) is 20.0. The smallest absolute Gasteiger partial charge is 0.201 e. The van der Waals surface area contributed by atoms with E-state index in [0.29, 0.717) is 29.2 Å². The third-order valence-electron chi connectivity index (χ3n) is 7.75. The van der Waals surface area contributed by atoms with Gasteiger partial charge >= 0.3 is 0 Å². The molecule has 1 saturated heterocycles. The molecule has 0 amide bonds. The van der Waals surface area contributed by atoms with Gasteiger partial charge < -0.3 is 14.2 Å². The Morgan fingerprint density at radius 1 is 0.707 bits per heavy atom. The molecule has 0 aromatic heterocycles. The Hall–Kier alpha value is -2.83. The summed E-state index contributed by atoms with van der Waals surface area (Å²) in [7, 11) is 0. The first kappa shape index (κ1) is 31.1. The molecular weight excluding hydrogens is 525 g/mol. The highest BCUT2D eigenvalue weighted by atomic mass is 19.2. The summed E-state index contributed by atoms with van der Waals surface area (Å²) in [5.41, 5.74) is 2.76. The summed E-state index contributed by atoms with van der Waals surface area (Å²) in [6.07, 6.45) is 9.99. The fourth-order valence-corrected chi connectivity index (χ4v) is 5.21. The van der Waals surface area contributed by atoms with Crippen molar-refractivity contribution in [2.45, 2.75) is 84.3 Å². The number of hydrogen-bond donors (Lipinski definition) is 0. The van der Waals surface area contributed by atoms with Crippen LogP contribution in [0.15, 0.2) is 54.6 Å². The molecule has 0 radical (unpaired) electrons. The van der Waals surface area contributed by atoms with Crippen molar-refractivity contribution in [3.63, 3.8) is 0 Å². The van der Waals surface area contributed by atoms with Gasteiger partial charge in [-0.3, -0.25) is 0 Å². The molecule has 0 unspecified atom stereocenters. The van der Waals surface area contributed by atoms with Crippen molar-refractivity contribution >= 4 is 0 Å². The molecule has 6 heteroatoms. The summed E-state index contributed by atoms with van der Waals surface area (Å²) in [5.74, 6) is -1.80. The highest BCUT2D eigenvalue weighted by Crippen LogP contribution is 2.32. The quantitative estimate of drug-likeness (QED) is 0.171. The number of halogens is 3. The molecule has 1 fully saturated rings. The molecule has 1 aliphatic heterocycles. The molecule has 41 heavy (non-hydrogen) atoms. The van der Waals surface area contributed by atoms with Gasteiger partial charge in [0, 0.05) is 17.0 Å². The van der Waals surface area contributed by atoms with Crippen molar-refractivity contribution in [2.75, 3.05) is 19.8 Å². The molecule has 3 nitrogen and oxygen atoms in total. The maximum atomic E-state index is 15.0. The van der Waals surface area contributed by atoms with Crippen LogP contribution in [0.25, 0.3) is 22.3 Å². The van der Waals surface area contributed by atoms with Crippen LogP contribution in [0, 0.1) is 23.4 Å². The second kappa shape index (κ2) is 16.0. The van der Waals surface area contributed by atoms with E-state index in [4.69, 9.17) is 14.2 Å². The van der Waals surface area contributed by atoms with Gasteiger partial charge in [0.05, 0.1) is 19.8 Å². The molecule has 4 rings (SSSR count). The molecule has 0 bridgehead atoms. The minimum absolute atomic E-state index is 0.0829. The zero-order valence-electron chi connectivity index (χ0n) is 24.4. The van der Waals surface area contributed by atoms with Crippen LogP contribution in [0.3, 0.4) is 0 Å². The normalized spacial score (nSPS) is 17.1. The van der Waals surface area contributed by atoms with E-state index in [1.165, 1.54) is 37.8 Å². The summed E-state index contributed by atoms with van der Waals surface area (Å²) in [6.45, 7) is 6.13. The lowest BCUT2D eigenvalue weighted by molar-refractivity contribution is -0.204. The molecule has 0 aliphatic carbocycles. The fraction of sp³-hybridized carbons (Fsp3) is 0.486. The minimum atomic E-state index is -0.991. The fourth-order valence-electron chi connectivity index (χ4n) is 5.21. The van der Waals surface area contributed by atoms with Gasteiger partial charge in [0.25, 0.3) is 0 Å². The summed E-state index contributed by atoms with van der Waals surface area (Å²) in [6, 6.07) is 15.1. The van der Waals surface area contributed by atoms with Crippen molar-refractivity contribution in [2.24, 2.45) is 5.92 Å². The first-order valence-electron chi connectivity index (χ1n) is 15.2. The van der Waals surface area contributed by atoms with E-state index >= 15 is 4.39 Å². The average molecular weight is 569 g/mol. The Labute approximate surface area is 243 Å². The Bertz CT molecular complexity index is 1220. The van der Waals surface area contributed by atoms with Crippen molar-refractivity contribution in [3.8, 4) is 28.0 Å². The summed E-state index contributed by atoms with van der Waals surface area (Å²) < 4.78 is 61.5. The van der Waals surface area contributed by atoms with Crippen LogP contribution in [0.5, 0.6) is 5.75 Å². The van der Waals surface area contributed by atoms with Crippen molar-refractivity contribution in [1.29, 1.82) is 0 Å². The minimum Gasteiger partial charge on any atom is -0.490 e. The zero-order valence-corrected chi connectivity index (χ0v) is 24.4. The lowest BCUT2D eigenvalue weighted by Gasteiger charge is -2.29. The number of rotatable bonds is 15. The molecule has 0 saturated carbocycles. The van der Waals surface area contributed by atoms with Gasteiger partial charge in [-0.1, -0.05) is 75.9 Å². The van der Waals surface area contributed by atoms with Crippen molar-refractivity contribution in [3.05, 3.63) is 77.6 Å². The molecular formula is C35H43F3O3. The van der Waals surface area contributed by atoms with Crippen LogP contribution in [0.1, 0.15) is 77.2 Å². The van der Waals surface area contributed by atoms with Crippen LogP contribution in [-0.2, 0) is 15.9 Å². The Morgan fingerprint density at radius 2 is 1.37 bits per heavy atom. The molecule has 1 aliphatic rings. The van der Waals surface area contributed by atoms with Gasteiger partial charge in [-0.15, -0.1) is 0 Å². The molecule has 0 spiro atoms. The highest BCUT2D eigenvalue weighted by Gasteiger charge is 2.21. The summed E-state index contributed by atoms with van der Waals surface area (Å²) >= 11 is 0. The first-order valence-corrected chi connectivity index (χ1v) is 15.2. The maximum Gasteiger partial charge on any atom is 0.201 e. The van der Waals surface area contributed by atoms with Crippen LogP contribution in [0.2, 0.25) is 0 Å². The van der Waals surface area contributed by atoms with Crippen LogP contribution < -0.4 is 4.74 Å². The second-order valence-corrected chi connectivity index (χ2v) is 11.0. The monoisotopic (exact) mass is 568 g/mol. The second-order valence-electron chi connectivity index (χ2n) is 11.0. The third kappa shape index (κ3) is 8.83. The Balaban J connectivity index is 1.26. The topological polar surface area (TPSA) is 27.7 Å². The van der Waals surface area contributed by atoms with Crippen LogP contribution in [-0.4, -0.2) is 26.1 Å². The van der Waals surface area contributed by atoms with Crippen molar-refractivity contribution in [1.82, 2.24) is 0 Å². The van der Waals surface area contributed by atoms with Gasteiger partial charge in [-0.2, -0.15) is 4.39 Å². The van der Waals surface area contributed by atoms with E-state index in [1.54, 1.807) is 36.4 Å². The van der Waals surface area contributed by atoms with E-state index in [0.717, 1.165) is 57.3 Å². The zero-order chi connectivity index (χ0) is 29.0. The lowest BCUT2D eigenvalue weighted by atomic mass is 9.97. The number of ether oxygens (including phenoxy) is 3. The Kier molecular flexibility index (Phi) is 12.1. The van der Waals surface area contributed by atoms with E-state index in [1.807, 2.05) is 13.0 Å². The van der Waals surface area contributed by atoms with E-state index in [2.05, 4.69) is 6.92 Å². The van der Waals surface area contributed by atoms with E-state index in [9.17, 15) is 8.78 Å². The Morgan fingerprint density at radius 3 is 2.05 bits per heavy atom. The van der Waals surface area contributed by atoms with Gasteiger partial charge in [-0.05, 0) is 73.4 Å². The number of unbranched alkanes of at least 4 members (excludes halogenated alkanes) is 4. The highest BCUT2D eigenvalue weighted by molar-refractivity contribution is 5.71. The molecule has 222 valence electrons. The third-order valence-corrected chi connectivity index (χ3v) is 7.75. The predicted octanol–water partition coefficient (Wildman–Crippen LogP) is 9.90. The molecule has 0 atom stereocenters. The standard InChI is InChI=1S/C35H43F3O3/c1-3-5-7-11-26-23-40-33(41-24-26)12-9-8-10-25-13-18-29(31(36)22-25)27-14-16-28(17-15-27)30-19-20-32(35(38)34(30)37)39-21-6-4-2/h13-20,22,26,33H,3-12,21,23-24H2,1-2H3. The van der Waals surface area contributed by atoms with Crippen LogP contribution in [0.4, 0.5) is 13.2 Å². The summed E-state index contributed by atoms with van der Waals surface area (Å²) in [5, 5.41) is 0. The van der Waals surface area contributed by atoms with Gasteiger partial charge in [0.1, 0.15) is 5.82 Å². The molecule has 0 N–H and O–H groups in total. The number of hydrogen-bond acceptors (Lipinski definition) is 3. The number of benzene rings is 3. The SMILES string of the molecule is CCCCCC1COC(CCCCc2ccc(-c3ccc(-c4ccc(OCCCC)c(F)c4F)cc3)c(F)c2)OC1. The largest absolute Gasteiger partial charge is 0.490 e. The number of aryl methyl sites for hydroxylation is 1. The van der Waals surface area contributed by atoms with E-state index in [-0.39, 0.29) is 23.4 Å².